The van der Waals surface area contributed by atoms with Gasteiger partial charge in [0, 0.05) is 24.2 Å². The van der Waals surface area contributed by atoms with Gasteiger partial charge in [0.05, 0.1) is 44.4 Å². The molecule has 0 radical (unpaired) electrons. The predicted molar refractivity (Wildman–Crippen MR) is 228 cm³/mol. The highest BCUT2D eigenvalue weighted by Crippen LogP contribution is 2.36. The number of likely N-dealkylation sites (tertiary alicyclic amines) is 2. The Morgan fingerprint density at radius 2 is 1.33 bits per heavy atom. The first-order valence-electron chi connectivity index (χ1n) is 20.3. The van der Waals surface area contributed by atoms with Crippen LogP contribution >= 0.6 is 0 Å². The highest BCUT2D eigenvalue weighted by molar-refractivity contribution is 5.88. The number of methoxy groups -OCH3 is 2. The van der Waals surface area contributed by atoms with Crippen LogP contribution in [-0.2, 0) is 19.1 Å². The largest absolute Gasteiger partial charge is 0.453 e. The van der Waals surface area contributed by atoms with Gasteiger partial charge in [-0.25, -0.2) is 19.6 Å². The van der Waals surface area contributed by atoms with Gasteiger partial charge in [0.15, 0.2) is 0 Å². The molecule has 14 heteroatoms. The third kappa shape index (κ3) is 9.61. The Labute approximate surface area is 354 Å². The van der Waals surface area contributed by atoms with Crippen LogP contribution in [0.1, 0.15) is 86.1 Å². The lowest BCUT2D eigenvalue weighted by Crippen LogP contribution is -2.51. The Morgan fingerprint density at radius 1 is 0.721 bits per heavy atom. The Kier molecular flexibility index (Phi) is 13.1. The van der Waals surface area contributed by atoms with Gasteiger partial charge in [0.2, 0.25) is 5.91 Å². The number of imidazole rings is 2. The first-order chi connectivity index (χ1) is 29.6. The molecule has 0 aliphatic carbocycles. The molecule has 2 unspecified atom stereocenters. The van der Waals surface area contributed by atoms with E-state index in [1.54, 1.807) is 22.2 Å². The molecule has 14 nitrogen and oxygen atoms in total. The molecule has 61 heavy (non-hydrogen) atoms. The number of nitrogens with one attached hydrogen (secondary N) is 4. The molecule has 2 aliphatic rings. The van der Waals surface area contributed by atoms with Gasteiger partial charge in [-0.05, 0) is 78.2 Å². The molecule has 0 spiro atoms. The van der Waals surface area contributed by atoms with Crippen LogP contribution in [0.4, 0.5) is 9.59 Å². The molecular formula is C47H48N8O6. The third-order valence-corrected chi connectivity index (χ3v) is 11.0. The topological polar surface area (TPSA) is 175 Å². The Hall–Kier alpha value is -7.32. The fraction of sp³-hybridized carbons (Fsp3) is 0.319. The van der Waals surface area contributed by atoms with Crippen LogP contribution in [-0.4, -0.2) is 87.1 Å². The van der Waals surface area contributed by atoms with Crippen molar-refractivity contribution in [3.63, 3.8) is 0 Å². The highest BCUT2D eigenvalue weighted by Gasteiger charge is 2.38. The van der Waals surface area contributed by atoms with E-state index in [1.807, 2.05) is 86.6 Å². The summed E-state index contributed by atoms with van der Waals surface area (Å²) in [5.74, 6) is 13.0. The molecule has 3 aromatic carbocycles. The molecule has 2 aromatic heterocycles. The van der Waals surface area contributed by atoms with Crippen molar-refractivity contribution < 1.29 is 28.7 Å². The van der Waals surface area contributed by atoms with Gasteiger partial charge in [-0.3, -0.25) is 9.59 Å². The Balaban J connectivity index is 1.09. The van der Waals surface area contributed by atoms with Crippen LogP contribution in [0.2, 0.25) is 0 Å². The number of nitrogens with zero attached hydrogens (tertiary/aromatic N) is 4. The van der Waals surface area contributed by atoms with E-state index in [4.69, 9.17) is 14.5 Å². The maximum atomic E-state index is 14.0. The van der Waals surface area contributed by atoms with Crippen LogP contribution < -0.4 is 10.6 Å². The molecule has 2 aliphatic heterocycles. The van der Waals surface area contributed by atoms with Crippen LogP contribution in [0.5, 0.6) is 0 Å². The van der Waals surface area contributed by atoms with Gasteiger partial charge in [0.1, 0.15) is 29.4 Å². The number of alkyl carbamates (subject to hydrolysis) is 2. The van der Waals surface area contributed by atoms with Crippen LogP contribution in [0, 0.1) is 29.6 Å². The number of amides is 4. The summed E-state index contributed by atoms with van der Waals surface area (Å²) in [6.45, 7) is 4.84. The van der Waals surface area contributed by atoms with E-state index in [0.29, 0.717) is 36.0 Å². The zero-order valence-electron chi connectivity index (χ0n) is 34.5. The summed E-state index contributed by atoms with van der Waals surface area (Å²) in [5.41, 5.74) is 5.59. The smallest absolute Gasteiger partial charge is 0.407 e. The molecule has 2 fully saturated rings. The van der Waals surface area contributed by atoms with Gasteiger partial charge in [-0.1, -0.05) is 86.5 Å². The number of carbonyl (C=O) groups is 4. The SMILES string of the molecule is COC(=O)NC(C(=O)N1CCC[C@H]1c1ncc(-c2ccc(C#CC#Cc3cnc(C4CCCN4C(=O)[C@@H](NC(=O)OC)C(C)C)[nH]3)c(-c3ccccc3)c2)[nH]1)c1ccccc1. The molecule has 4 heterocycles. The van der Waals surface area contributed by atoms with E-state index in [1.165, 1.54) is 14.2 Å². The van der Waals surface area contributed by atoms with Gasteiger partial charge >= 0.3 is 12.2 Å². The first-order valence-corrected chi connectivity index (χ1v) is 20.3. The summed E-state index contributed by atoms with van der Waals surface area (Å²) in [5, 5.41) is 5.39. The van der Waals surface area contributed by atoms with Crippen molar-refractivity contribution in [2.45, 2.75) is 63.7 Å². The molecule has 0 bridgehead atoms. The number of aromatic amines is 2. The molecule has 4 amide bonds. The number of aromatic nitrogens is 4. The van der Waals surface area contributed by atoms with E-state index < -0.39 is 24.3 Å². The lowest BCUT2D eigenvalue weighted by molar-refractivity contribution is -0.135. The number of carbonyl (C=O) groups excluding carboxylic acids is 4. The van der Waals surface area contributed by atoms with Crippen molar-refractivity contribution in [2.24, 2.45) is 5.92 Å². The van der Waals surface area contributed by atoms with E-state index in [-0.39, 0.29) is 29.8 Å². The molecule has 0 saturated carbocycles. The minimum absolute atomic E-state index is 0.132. The lowest BCUT2D eigenvalue weighted by Gasteiger charge is -2.29. The zero-order valence-corrected chi connectivity index (χ0v) is 34.5. The van der Waals surface area contributed by atoms with E-state index >= 15 is 0 Å². The Morgan fingerprint density at radius 3 is 2.00 bits per heavy atom. The van der Waals surface area contributed by atoms with E-state index in [0.717, 1.165) is 53.6 Å². The molecule has 5 aromatic rings. The summed E-state index contributed by atoms with van der Waals surface area (Å²) in [4.78, 5) is 71.3. The summed E-state index contributed by atoms with van der Waals surface area (Å²) in [7, 11) is 2.55. The fourth-order valence-corrected chi connectivity index (χ4v) is 7.88. The number of hydrogen-bond donors (Lipinski definition) is 4. The second-order valence-corrected chi connectivity index (χ2v) is 15.2. The minimum Gasteiger partial charge on any atom is -0.453 e. The molecule has 312 valence electrons. The van der Waals surface area contributed by atoms with E-state index in [9.17, 15) is 19.2 Å². The second kappa shape index (κ2) is 19.2. The third-order valence-electron chi connectivity index (χ3n) is 11.0. The van der Waals surface area contributed by atoms with Crippen LogP contribution in [0.25, 0.3) is 22.4 Å². The van der Waals surface area contributed by atoms with Crippen molar-refractivity contribution >= 4 is 24.0 Å². The maximum absolute atomic E-state index is 14.0. The average molecular weight is 821 g/mol. The minimum atomic E-state index is -0.908. The van der Waals surface area contributed by atoms with E-state index in [2.05, 4.69) is 55.3 Å². The number of benzene rings is 3. The number of rotatable bonds is 10. The Bertz CT molecular complexity index is 2490. The van der Waals surface area contributed by atoms with Crippen molar-refractivity contribution in [2.75, 3.05) is 27.3 Å². The predicted octanol–water partition coefficient (Wildman–Crippen LogP) is 6.67. The summed E-state index contributed by atoms with van der Waals surface area (Å²) in [6.07, 6.45) is 5.14. The molecule has 2 saturated heterocycles. The van der Waals surface area contributed by atoms with Gasteiger partial charge in [-0.2, -0.15) is 0 Å². The summed E-state index contributed by atoms with van der Waals surface area (Å²) >= 11 is 0. The zero-order chi connectivity index (χ0) is 42.9. The number of H-pyrrole nitrogens is 2. The maximum Gasteiger partial charge on any atom is 0.407 e. The number of hydrogen-bond acceptors (Lipinski definition) is 8. The fourth-order valence-electron chi connectivity index (χ4n) is 7.88. The van der Waals surface area contributed by atoms with Crippen molar-refractivity contribution in [1.29, 1.82) is 0 Å². The molecule has 4 N–H and O–H groups in total. The summed E-state index contributed by atoms with van der Waals surface area (Å²) < 4.78 is 9.59. The first kappa shape index (κ1) is 41.8. The average Bonchev–Trinajstić information content (AvgIpc) is 4.14. The highest BCUT2D eigenvalue weighted by atomic mass is 16.5. The van der Waals surface area contributed by atoms with Gasteiger partial charge < -0.3 is 39.9 Å². The molecular weight excluding hydrogens is 773 g/mol. The molecule has 4 atom stereocenters. The van der Waals surface area contributed by atoms with Crippen molar-refractivity contribution in [3.05, 3.63) is 120 Å². The van der Waals surface area contributed by atoms with Gasteiger partial charge in [0.25, 0.3) is 5.91 Å². The van der Waals surface area contributed by atoms with Crippen LogP contribution in [0.3, 0.4) is 0 Å². The number of ether oxygens (including phenoxy) is 2. The monoisotopic (exact) mass is 820 g/mol. The van der Waals surface area contributed by atoms with Crippen molar-refractivity contribution in [3.8, 4) is 46.1 Å². The van der Waals surface area contributed by atoms with Gasteiger partial charge in [-0.15, -0.1) is 0 Å². The van der Waals surface area contributed by atoms with Crippen molar-refractivity contribution in [1.82, 2.24) is 40.4 Å². The standard InChI is InChI=1S/C47H48N8O6/c1-30(2)40(52-46(58)60-3)44(56)54-25-13-21-38(54)42-48-28-35(50-42)20-12-11-17-32-23-24-34(27-36(32)31-15-7-5-8-16-31)37-29-49-43(51-37)39-22-14-26-55(39)45(57)41(53-47(59)61-4)33-18-9-6-10-19-33/h5-10,15-16,18-19,23-24,27-30,38-41H,13-14,21-22,25-26H2,1-4H3,(H,48,50)(H,49,51)(H,52,58)(H,53,59)/t38?,39-,40-,41?/m0/s1. The van der Waals surface area contributed by atoms with Crippen LogP contribution in [0.15, 0.2) is 91.3 Å². The normalized spacial score (nSPS) is 16.7. The summed E-state index contributed by atoms with van der Waals surface area (Å²) in [6, 6.07) is 22.9. The second-order valence-electron chi connectivity index (χ2n) is 15.2. The molecule has 7 rings (SSSR count). The lowest BCUT2D eigenvalue weighted by atomic mass is 9.96. The quantitative estimate of drug-likeness (QED) is 0.113.